The number of carbonyl (C=O) groups excluding carboxylic acids is 2. The molecule has 1 N–H and O–H groups in total. The summed E-state index contributed by atoms with van der Waals surface area (Å²) in [7, 11) is 1.24. The van der Waals surface area contributed by atoms with E-state index < -0.39 is 41.8 Å². The van der Waals surface area contributed by atoms with E-state index in [2.05, 4.69) is 4.74 Å². The maximum Gasteiger partial charge on any atom is 0.314 e. The number of aliphatic hydroxyl groups excluding tert-OH is 1. The quantitative estimate of drug-likeness (QED) is 0.608. The number of ether oxygens (including phenoxy) is 3. The Morgan fingerprint density at radius 3 is 2.79 bits per heavy atom. The third-order valence-corrected chi connectivity index (χ3v) is 4.01. The Balaban J connectivity index is 1.92. The maximum absolute atomic E-state index is 12.0. The number of hydrogen-bond acceptors (Lipinski definition) is 6. The van der Waals surface area contributed by atoms with E-state index in [4.69, 9.17) is 9.47 Å². The molecule has 0 aromatic heterocycles. The fourth-order valence-electron chi connectivity index (χ4n) is 3.34. The minimum atomic E-state index is -1.36. The Morgan fingerprint density at radius 1 is 1.47 bits per heavy atom. The molecule has 19 heavy (non-hydrogen) atoms. The molecule has 7 heteroatoms. The lowest BCUT2D eigenvalue weighted by molar-refractivity contribution is -0.167. The summed E-state index contributed by atoms with van der Waals surface area (Å²) in [6, 6.07) is -0.512. The van der Waals surface area contributed by atoms with E-state index in [1.54, 1.807) is 13.8 Å². The first-order valence-corrected chi connectivity index (χ1v) is 6.28. The summed E-state index contributed by atoms with van der Waals surface area (Å²) in [6.07, 6.45) is -2.02. The summed E-state index contributed by atoms with van der Waals surface area (Å²) in [5, 5.41) is 9.93. The van der Waals surface area contributed by atoms with E-state index >= 15 is 0 Å². The van der Waals surface area contributed by atoms with Crippen molar-refractivity contribution in [1.82, 2.24) is 4.90 Å². The van der Waals surface area contributed by atoms with Crippen molar-refractivity contribution in [3.05, 3.63) is 0 Å². The molecule has 5 atom stereocenters. The first-order chi connectivity index (χ1) is 8.85. The highest BCUT2D eigenvalue weighted by Crippen LogP contribution is 2.43. The minimum absolute atomic E-state index is 0.261. The Bertz CT molecular complexity index is 436. The lowest BCUT2D eigenvalue weighted by atomic mass is 9.93. The summed E-state index contributed by atoms with van der Waals surface area (Å²) >= 11 is 0. The third kappa shape index (κ3) is 1.69. The first kappa shape index (κ1) is 12.8. The molecule has 7 nitrogen and oxygen atoms in total. The van der Waals surface area contributed by atoms with Crippen molar-refractivity contribution < 1.29 is 28.9 Å². The number of amides is 1. The Labute approximate surface area is 110 Å². The lowest BCUT2D eigenvalue weighted by Gasteiger charge is -2.26. The minimum Gasteiger partial charge on any atom is -0.469 e. The van der Waals surface area contributed by atoms with Gasteiger partial charge in [0.05, 0.1) is 19.7 Å². The van der Waals surface area contributed by atoms with E-state index in [-0.39, 0.29) is 6.10 Å². The van der Waals surface area contributed by atoms with Gasteiger partial charge in [0.15, 0.2) is 5.79 Å². The normalized spacial score (nSPS) is 43.3. The number of fused-ring (bicyclic) bond motifs is 3. The third-order valence-electron chi connectivity index (χ3n) is 4.01. The Hall–Kier alpha value is -1.18. The van der Waals surface area contributed by atoms with Gasteiger partial charge >= 0.3 is 5.97 Å². The molecule has 0 bridgehead atoms. The van der Waals surface area contributed by atoms with Crippen molar-refractivity contribution in [2.45, 2.75) is 44.0 Å². The molecule has 3 rings (SSSR count). The van der Waals surface area contributed by atoms with Crippen LogP contribution in [0.1, 0.15) is 13.8 Å². The molecule has 3 saturated heterocycles. The van der Waals surface area contributed by atoms with E-state index in [0.29, 0.717) is 6.54 Å². The number of rotatable bonds is 1. The molecule has 0 saturated carbocycles. The number of aliphatic hydroxyl groups is 1. The second-order valence-electron chi connectivity index (χ2n) is 5.61. The van der Waals surface area contributed by atoms with Crippen molar-refractivity contribution in [3.8, 4) is 0 Å². The van der Waals surface area contributed by atoms with Gasteiger partial charge in [0, 0.05) is 0 Å². The molecule has 0 radical (unpaired) electrons. The molecule has 0 aromatic carbocycles. The van der Waals surface area contributed by atoms with E-state index in [1.165, 1.54) is 12.0 Å². The average molecular weight is 271 g/mol. The fourth-order valence-corrected chi connectivity index (χ4v) is 3.34. The van der Waals surface area contributed by atoms with Crippen LogP contribution in [0.4, 0.5) is 0 Å². The molecule has 3 heterocycles. The fraction of sp³-hybridized carbons (Fsp3) is 0.833. The highest BCUT2D eigenvalue weighted by Gasteiger charge is 2.64. The second-order valence-corrected chi connectivity index (χ2v) is 5.61. The van der Waals surface area contributed by atoms with Gasteiger partial charge in [0.2, 0.25) is 0 Å². The van der Waals surface area contributed by atoms with Gasteiger partial charge in [-0.1, -0.05) is 0 Å². The van der Waals surface area contributed by atoms with Crippen molar-refractivity contribution in [2.24, 2.45) is 5.92 Å². The highest BCUT2D eigenvalue weighted by atomic mass is 16.8. The van der Waals surface area contributed by atoms with Gasteiger partial charge in [-0.2, -0.15) is 0 Å². The molecular formula is C12H17NO6. The molecule has 1 amide bonds. The van der Waals surface area contributed by atoms with Gasteiger partial charge < -0.3 is 24.2 Å². The SMILES string of the molecule is COC(=O)[C@H]1[C@@H]2[C@H]3OC(C)(C)OC3CN2C(=O)[C@@H]1O. The monoisotopic (exact) mass is 271 g/mol. The molecule has 0 aromatic rings. The standard InChI is InChI=1S/C12H17NO6/c1-12(2)18-5-4-13-7(9(5)19-12)6(11(16)17-3)8(14)10(13)15/h5-9,14H,4H2,1-3H3/t5?,6-,7+,8+,9-/m0/s1. The van der Waals surface area contributed by atoms with Gasteiger partial charge in [-0.3, -0.25) is 9.59 Å². The molecule has 3 aliphatic rings. The summed E-state index contributed by atoms with van der Waals surface area (Å²) in [5.74, 6) is -2.70. The van der Waals surface area contributed by atoms with Crippen LogP contribution in [0, 0.1) is 5.92 Å². The van der Waals surface area contributed by atoms with E-state index in [9.17, 15) is 14.7 Å². The predicted octanol–water partition coefficient (Wildman–Crippen LogP) is -1.12. The maximum atomic E-state index is 12.0. The van der Waals surface area contributed by atoms with Crippen LogP contribution in [-0.4, -0.2) is 65.7 Å². The molecule has 106 valence electrons. The topological polar surface area (TPSA) is 85.3 Å². The zero-order valence-electron chi connectivity index (χ0n) is 11.0. The average Bonchev–Trinajstić information content (AvgIpc) is 2.88. The largest absolute Gasteiger partial charge is 0.469 e. The van der Waals surface area contributed by atoms with Crippen LogP contribution >= 0.6 is 0 Å². The van der Waals surface area contributed by atoms with Crippen LogP contribution in [0.25, 0.3) is 0 Å². The second kappa shape index (κ2) is 3.91. The molecular weight excluding hydrogens is 254 g/mol. The van der Waals surface area contributed by atoms with Crippen LogP contribution in [0.5, 0.6) is 0 Å². The number of hydrogen-bond donors (Lipinski definition) is 1. The summed E-state index contributed by atoms with van der Waals surface area (Å²) < 4.78 is 16.2. The van der Waals surface area contributed by atoms with Gasteiger partial charge in [-0.15, -0.1) is 0 Å². The van der Waals surface area contributed by atoms with Gasteiger partial charge in [-0.05, 0) is 13.8 Å². The number of esters is 1. The van der Waals surface area contributed by atoms with E-state index in [0.717, 1.165) is 0 Å². The smallest absolute Gasteiger partial charge is 0.314 e. The van der Waals surface area contributed by atoms with Crippen LogP contribution in [0.2, 0.25) is 0 Å². The number of carbonyl (C=O) groups is 2. The van der Waals surface area contributed by atoms with Crippen molar-refractivity contribution in [1.29, 1.82) is 0 Å². The highest BCUT2D eigenvalue weighted by molar-refractivity contribution is 5.92. The van der Waals surface area contributed by atoms with Crippen molar-refractivity contribution in [2.75, 3.05) is 13.7 Å². The van der Waals surface area contributed by atoms with Crippen molar-refractivity contribution in [3.63, 3.8) is 0 Å². The summed E-state index contributed by atoms with van der Waals surface area (Å²) in [5.41, 5.74) is 0. The van der Waals surface area contributed by atoms with Gasteiger partial charge in [-0.25, -0.2) is 0 Å². The van der Waals surface area contributed by atoms with Crippen LogP contribution in [-0.2, 0) is 23.8 Å². The molecule has 0 spiro atoms. The van der Waals surface area contributed by atoms with E-state index in [1.807, 2.05) is 0 Å². The van der Waals surface area contributed by atoms with Crippen molar-refractivity contribution >= 4 is 11.9 Å². The Morgan fingerprint density at radius 2 is 2.16 bits per heavy atom. The predicted molar refractivity (Wildman–Crippen MR) is 60.8 cm³/mol. The van der Waals surface area contributed by atoms with Crippen LogP contribution < -0.4 is 0 Å². The van der Waals surface area contributed by atoms with Gasteiger partial charge in [0.1, 0.15) is 24.2 Å². The first-order valence-electron chi connectivity index (χ1n) is 6.28. The zero-order chi connectivity index (χ0) is 13.9. The molecule has 3 fully saturated rings. The Kier molecular flexibility index (Phi) is 2.64. The summed E-state index contributed by atoms with van der Waals surface area (Å²) in [4.78, 5) is 25.2. The zero-order valence-corrected chi connectivity index (χ0v) is 11.0. The van der Waals surface area contributed by atoms with Crippen LogP contribution in [0.15, 0.2) is 0 Å². The molecule has 3 aliphatic heterocycles. The molecule has 1 unspecified atom stereocenters. The molecule has 0 aliphatic carbocycles. The van der Waals surface area contributed by atoms with Crippen LogP contribution in [0.3, 0.4) is 0 Å². The number of nitrogens with zero attached hydrogens (tertiary/aromatic N) is 1. The van der Waals surface area contributed by atoms with Gasteiger partial charge in [0.25, 0.3) is 5.91 Å². The lowest BCUT2D eigenvalue weighted by Crippen LogP contribution is -2.42. The number of methoxy groups -OCH3 is 1. The summed E-state index contributed by atoms with van der Waals surface area (Å²) in [6.45, 7) is 3.91.